The third kappa shape index (κ3) is 5.30. The highest BCUT2D eigenvalue weighted by Gasteiger charge is 2.12. The predicted octanol–water partition coefficient (Wildman–Crippen LogP) is 1.95. The second-order valence-corrected chi connectivity index (χ2v) is 4.48. The number of hydrogen-bond acceptors (Lipinski definition) is 3. The number of hydrogen-bond donors (Lipinski definition) is 1. The van der Waals surface area contributed by atoms with Crippen LogP contribution in [0.5, 0.6) is 5.75 Å². The van der Waals surface area contributed by atoms with Crippen LogP contribution in [0.25, 0.3) is 0 Å². The summed E-state index contributed by atoms with van der Waals surface area (Å²) in [6.07, 6.45) is 1.08. The molecule has 1 aromatic carbocycles. The number of nitrogens with zero attached hydrogens (tertiary/aromatic N) is 1. The van der Waals surface area contributed by atoms with Gasteiger partial charge >= 0.3 is 5.97 Å². The van der Waals surface area contributed by atoms with Crippen LogP contribution in [0, 0.1) is 0 Å². The van der Waals surface area contributed by atoms with Crippen LogP contribution in [0.4, 0.5) is 0 Å². The quantitative estimate of drug-likeness (QED) is 0.790. The number of carboxylic acid groups (broad SMARTS) is 1. The number of rotatable bonds is 8. The molecule has 0 aliphatic carbocycles. The van der Waals surface area contributed by atoms with Crippen LogP contribution in [0.3, 0.4) is 0 Å². The highest BCUT2D eigenvalue weighted by molar-refractivity contribution is 5.76. The normalized spacial score (nSPS) is 10.1. The molecule has 0 bridgehead atoms. The van der Waals surface area contributed by atoms with Gasteiger partial charge in [-0.15, -0.1) is 0 Å². The van der Waals surface area contributed by atoms with Crippen molar-refractivity contribution < 1.29 is 19.4 Å². The second-order valence-electron chi connectivity index (χ2n) is 4.48. The fourth-order valence-corrected chi connectivity index (χ4v) is 1.87. The molecule has 20 heavy (non-hydrogen) atoms. The van der Waals surface area contributed by atoms with Gasteiger partial charge in [-0.3, -0.25) is 9.59 Å². The van der Waals surface area contributed by atoms with Gasteiger partial charge in [-0.25, -0.2) is 0 Å². The minimum atomic E-state index is -0.886. The first-order valence-electron chi connectivity index (χ1n) is 6.69. The van der Waals surface area contributed by atoms with E-state index in [4.69, 9.17) is 9.84 Å². The van der Waals surface area contributed by atoms with E-state index >= 15 is 0 Å². The zero-order valence-electron chi connectivity index (χ0n) is 12.0. The van der Waals surface area contributed by atoms with Crippen LogP contribution in [0.2, 0.25) is 0 Å². The van der Waals surface area contributed by atoms with Gasteiger partial charge in [-0.1, -0.05) is 19.1 Å². The van der Waals surface area contributed by atoms with Gasteiger partial charge in [-0.2, -0.15) is 0 Å². The summed E-state index contributed by atoms with van der Waals surface area (Å²) in [7, 11) is 1.61. The van der Waals surface area contributed by atoms with E-state index < -0.39 is 5.97 Å². The predicted molar refractivity (Wildman–Crippen MR) is 75.8 cm³/mol. The monoisotopic (exact) mass is 279 g/mol. The Hall–Kier alpha value is -2.04. The van der Waals surface area contributed by atoms with Crippen molar-refractivity contribution >= 4 is 11.9 Å². The molecular weight excluding hydrogens is 258 g/mol. The fourth-order valence-electron chi connectivity index (χ4n) is 1.87. The number of methoxy groups -OCH3 is 1. The number of carboxylic acids is 1. The summed E-state index contributed by atoms with van der Waals surface area (Å²) < 4.78 is 5.09. The minimum absolute atomic E-state index is 0.0141. The first-order chi connectivity index (χ1) is 9.56. The van der Waals surface area contributed by atoms with Crippen LogP contribution in [0.15, 0.2) is 24.3 Å². The van der Waals surface area contributed by atoms with E-state index in [1.54, 1.807) is 18.9 Å². The molecule has 0 fully saturated rings. The molecule has 0 saturated carbocycles. The third-order valence-electron chi connectivity index (χ3n) is 3.08. The topological polar surface area (TPSA) is 66.8 Å². The number of carbonyl (C=O) groups excluding carboxylic acids is 1. The SMILES string of the molecule is CCC(=O)N(CCC(=O)O)CCc1ccc(OC)cc1. The molecule has 0 atom stereocenters. The van der Waals surface area contributed by atoms with Crippen LogP contribution >= 0.6 is 0 Å². The van der Waals surface area contributed by atoms with Gasteiger partial charge in [-0.05, 0) is 24.1 Å². The number of aliphatic carboxylic acids is 1. The Morgan fingerprint density at radius 1 is 1.20 bits per heavy atom. The Labute approximate surface area is 119 Å². The summed E-state index contributed by atoms with van der Waals surface area (Å²) in [5.41, 5.74) is 1.09. The molecule has 0 spiro atoms. The highest BCUT2D eigenvalue weighted by Crippen LogP contribution is 2.12. The van der Waals surface area contributed by atoms with Crippen LogP contribution in [-0.2, 0) is 16.0 Å². The molecule has 0 aliphatic heterocycles. The zero-order chi connectivity index (χ0) is 15.0. The van der Waals surface area contributed by atoms with Gasteiger partial charge in [0.05, 0.1) is 13.5 Å². The molecule has 1 amide bonds. The van der Waals surface area contributed by atoms with Crippen molar-refractivity contribution in [2.24, 2.45) is 0 Å². The van der Waals surface area contributed by atoms with Crippen molar-refractivity contribution in [2.45, 2.75) is 26.2 Å². The van der Waals surface area contributed by atoms with Gasteiger partial charge in [0, 0.05) is 19.5 Å². The molecule has 5 heteroatoms. The Morgan fingerprint density at radius 3 is 2.35 bits per heavy atom. The summed E-state index contributed by atoms with van der Waals surface area (Å²) in [6, 6.07) is 7.65. The molecule has 1 rings (SSSR count). The molecule has 0 radical (unpaired) electrons. The summed E-state index contributed by atoms with van der Waals surface area (Å²) in [5.74, 6) is -0.107. The Kier molecular flexibility index (Phi) is 6.56. The standard InChI is InChI=1S/C15H21NO4/c1-3-14(17)16(11-9-15(18)19)10-8-12-4-6-13(20-2)7-5-12/h4-7H,3,8-11H2,1-2H3,(H,18,19). The Balaban J connectivity index is 2.55. The molecule has 0 aromatic heterocycles. The van der Waals surface area contributed by atoms with Crippen molar-refractivity contribution in [1.82, 2.24) is 4.90 Å². The summed E-state index contributed by atoms with van der Waals surface area (Å²) in [4.78, 5) is 24.0. The summed E-state index contributed by atoms with van der Waals surface area (Å²) in [5, 5.41) is 8.71. The lowest BCUT2D eigenvalue weighted by Crippen LogP contribution is -2.34. The van der Waals surface area contributed by atoms with E-state index in [-0.39, 0.29) is 18.9 Å². The molecular formula is C15H21NO4. The minimum Gasteiger partial charge on any atom is -0.497 e. The second kappa shape index (κ2) is 8.19. The number of carbonyl (C=O) groups is 2. The molecule has 0 aliphatic rings. The number of ether oxygens (including phenoxy) is 1. The Morgan fingerprint density at radius 2 is 1.85 bits per heavy atom. The largest absolute Gasteiger partial charge is 0.497 e. The van der Waals surface area contributed by atoms with E-state index in [1.807, 2.05) is 24.3 Å². The average Bonchev–Trinajstić information content (AvgIpc) is 2.47. The van der Waals surface area contributed by atoms with Gasteiger partial charge in [0.1, 0.15) is 5.75 Å². The average molecular weight is 279 g/mol. The molecule has 110 valence electrons. The van der Waals surface area contributed by atoms with Crippen LogP contribution < -0.4 is 4.74 Å². The zero-order valence-corrected chi connectivity index (χ0v) is 12.0. The fraction of sp³-hybridized carbons (Fsp3) is 0.467. The molecule has 0 heterocycles. The maximum Gasteiger partial charge on any atom is 0.305 e. The summed E-state index contributed by atoms with van der Waals surface area (Å²) >= 11 is 0. The number of amides is 1. The van der Waals surface area contributed by atoms with E-state index in [0.29, 0.717) is 19.4 Å². The van der Waals surface area contributed by atoms with E-state index in [9.17, 15) is 9.59 Å². The van der Waals surface area contributed by atoms with E-state index in [0.717, 1.165) is 11.3 Å². The van der Waals surface area contributed by atoms with E-state index in [1.165, 1.54) is 0 Å². The molecule has 1 aromatic rings. The van der Waals surface area contributed by atoms with Gasteiger partial charge in [0.2, 0.25) is 5.91 Å². The highest BCUT2D eigenvalue weighted by atomic mass is 16.5. The summed E-state index contributed by atoms with van der Waals surface area (Å²) in [6.45, 7) is 2.58. The maximum atomic E-state index is 11.8. The van der Waals surface area contributed by atoms with Crippen molar-refractivity contribution in [3.05, 3.63) is 29.8 Å². The van der Waals surface area contributed by atoms with Gasteiger partial charge in [0.15, 0.2) is 0 Å². The van der Waals surface area contributed by atoms with E-state index in [2.05, 4.69) is 0 Å². The molecule has 5 nitrogen and oxygen atoms in total. The number of benzene rings is 1. The molecule has 0 unspecified atom stereocenters. The lowest BCUT2D eigenvalue weighted by atomic mass is 10.1. The first kappa shape index (κ1) is 16.0. The smallest absolute Gasteiger partial charge is 0.305 e. The van der Waals surface area contributed by atoms with Crippen molar-refractivity contribution in [1.29, 1.82) is 0 Å². The Bertz CT molecular complexity index is 442. The molecule has 1 N–H and O–H groups in total. The van der Waals surface area contributed by atoms with Gasteiger partial charge < -0.3 is 14.7 Å². The van der Waals surface area contributed by atoms with Crippen LogP contribution in [0.1, 0.15) is 25.3 Å². The van der Waals surface area contributed by atoms with Crippen molar-refractivity contribution in [3.8, 4) is 5.75 Å². The van der Waals surface area contributed by atoms with Crippen molar-refractivity contribution in [2.75, 3.05) is 20.2 Å². The van der Waals surface area contributed by atoms with Crippen molar-refractivity contribution in [3.63, 3.8) is 0 Å². The first-order valence-corrected chi connectivity index (χ1v) is 6.69. The third-order valence-corrected chi connectivity index (χ3v) is 3.08. The lowest BCUT2D eigenvalue weighted by molar-refractivity contribution is -0.138. The maximum absolute atomic E-state index is 11.8. The molecule has 0 saturated heterocycles. The van der Waals surface area contributed by atoms with Crippen LogP contribution in [-0.4, -0.2) is 42.1 Å². The van der Waals surface area contributed by atoms with Gasteiger partial charge in [0.25, 0.3) is 0 Å². The lowest BCUT2D eigenvalue weighted by Gasteiger charge is -2.21.